The Bertz CT molecular complexity index is 1310. The van der Waals surface area contributed by atoms with Crippen molar-refractivity contribution in [3.05, 3.63) is 72.3 Å². The molecular formula is C38H54ClNO2PPd. The molecule has 0 atom stereocenters. The number of benzene rings is 3. The predicted molar refractivity (Wildman–Crippen MR) is 190 cm³/mol. The van der Waals surface area contributed by atoms with E-state index in [1.807, 2.05) is 0 Å². The molecule has 0 aliphatic heterocycles. The Hall–Kier alpha value is -1.40. The van der Waals surface area contributed by atoms with Gasteiger partial charge in [-0.05, 0) is 0 Å². The normalized spacial score (nSPS) is 17.6. The van der Waals surface area contributed by atoms with Gasteiger partial charge in [-0.25, -0.2) is 0 Å². The zero-order valence-corrected chi connectivity index (χ0v) is 30.5. The van der Waals surface area contributed by atoms with Crippen LogP contribution in [-0.2, 0) is 21.7 Å². The summed E-state index contributed by atoms with van der Waals surface area (Å²) in [4.78, 5) is 0. The molecule has 0 aromatic heterocycles. The van der Waals surface area contributed by atoms with Gasteiger partial charge in [0.25, 0.3) is 0 Å². The van der Waals surface area contributed by atoms with Crippen LogP contribution in [0, 0.1) is 0 Å². The summed E-state index contributed by atoms with van der Waals surface area (Å²) < 4.78 is 14.6. The van der Waals surface area contributed by atoms with Gasteiger partial charge in [-0.2, -0.15) is 0 Å². The summed E-state index contributed by atoms with van der Waals surface area (Å²) in [6, 6.07) is 24.8. The zero-order chi connectivity index (χ0) is 31.1. The SMILES string of the molecule is CC(C)Oc1cccc(OC(C)C)c1-c1ccccc1[PH](C1CCCCC1)(C1CCCCC1)[Pd]([Cl])[c]1ccccc1CCN. The van der Waals surface area contributed by atoms with E-state index in [0.29, 0.717) is 17.9 Å². The average molecular weight is 730 g/mol. The van der Waals surface area contributed by atoms with E-state index >= 15 is 0 Å². The van der Waals surface area contributed by atoms with Crippen LogP contribution in [0.2, 0.25) is 0 Å². The molecule has 0 amide bonds. The van der Waals surface area contributed by atoms with E-state index in [-0.39, 0.29) is 12.2 Å². The Balaban J connectivity index is 1.84. The summed E-state index contributed by atoms with van der Waals surface area (Å²) in [5.41, 5.74) is 8.94. The van der Waals surface area contributed by atoms with Crippen LogP contribution in [-0.4, -0.2) is 30.1 Å². The standard InChI is InChI=1S/C30H43O2P.C8H10N.ClH.Pd/c1-22(2)31-27-19-13-20-28(32-23(3)4)30(27)26-18-11-12-21-29(26)33(24-14-7-5-8-15-24)25-16-9-6-10-17-25;9-7-6-8-4-2-1-3-5-8;;/h11-13,18-25H,5-10,14-17H2,1-4H3;1-4H,6-7,9H2;1H;. The minimum absolute atomic E-state index is 0.0608. The van der Waals surface area contributed by atoms with Gasteiger partial charge >= 0.3 is 278 Å². The van der Waals surface area contributed by atoms with E-state index in [2.05, 4.69) is 94.4 Å². The topological polar surface area (TPSA) is 44.5 Å². The van der Waals surface area contributed by atoms with E-state index < -0.39 is 20.7 Å². The number of ether oxygens (including phenoxy) is 2. The number of hydrogen-bond acceptors (Lipinski definition) is 3. The molecule has 6 heteroatoms. The van der Waals surface area contributed by atoms with Crippen molar-refractivity contribution in [2.75, 3.05) is 6.54 Å². The second kappa shape index (κ2) is 15.9. The van der Waals surface area contributed by atoms with Gasteiger partial charge in [-0.1, -0.05) is 0 Å². The van der Waals surface area contributed by atoms with Crippen LogP contribution < -0.4 is 24.5 Å². The van der Waals surface area contributed by atoms with Gasteiger partial charge in [0.1, 0.15) is 0 Å². The summed E-state index contributed by atoms with van der Waals surface area (Å²) in [5.74, 6) is 1.82. The molecule has 0 heterocycles. The van der Waals surface area contributed by atoms with Crippen molar-refractivity contribution in [3.8, 4) is 22.6 Å². The minimum atomic E-state index is -2.40. The monoisotopic (exact) mass is 728 g/mol. The molecule has 0 saturated heterocycles. The van der Waals surface area contributed by atoms with Crippen molar-refractivity contribution in [2.24, 2.45) is 5.73 Å². The van der Waals surface area contributed by atoms with Crippen LogP contribution in [0.3, 0.4) is 0 Å². The molecule has 5 rings (SSSR count). The molecule has 2 aliphatic rings. The van der Waals surface area contributed by atoms with Gasteiger partial charge in [0.2, 0.25) is 0 Å². The van der Waals surface area contributed by atoms with E-state index in [4.69, 9.17) is 24.7 Å². The molecule has 3 aromatic rings. The molecule has 2 aliphatic carbocycles. The van der Waals surface area contributed by atoms with Crippen molar-refractivity contribution < 1.29 is 24.7 Å². The molecule has 2 N–H and O–H groups in total. The Morgan fingerprint density at radius 1 is 0.727 bits per heavy atom. The van der Waals surface area contributed by atoms with Crippen LogP contribution in [0.15, 0.2) is 66.7 Å². The van der Waals surface area contributed by atoms with Crippen molar-refractivity contribution in [1.29, 1.82) is 0 Å². The second-order valence-electron chi connectivity index (χ2n) is 13.2. The summed E-state index contributed by atoms with van der Waals surface area (Å²) in [5, 5.41) is 1.56. The quantitative estimate of drug-likeness (QED) is 0.149. The van der Waals surface area contributed by atoms with Crippen molar-refractivity contribution in [3.63, 3.8) is 0 Å². The molecule has 0 unspecified atom stereocenters. The van der Waals surface area contributed by atoms with Crippen molar-refractivity contribution in [2.45, 2.75) is 122 Å². The molecule has 0 bridgehead atoms. The molecule has 0 spiro atoms. The fourth-order valence-electron chi connectivity index (χ4n) is 7.70. The number of halogens is 1. The molecule has 3 aromatic carbocycles. The Morgan fingerprint density at radius 3 is 1.80 bits per heavy atom. The zero-order valence-electron chi connectivity index (χ0n) is 27.2. The predicted octanol–water partition coefficient (Wildman–Crippen LogP) is 9.48. The fourth-order valence-corrected chi connectivity index (χ4v) is 31.1. The third kappa shape index (κ3) is 7.27. The summed E-state index contributed by atoms with van der Waals surface area (Å²) in [6.45, 7) is 9.11. The first-order valence-electron chi connectivity index (χ1n) is 17.0. The number of rotatable bonds is 12. The van der Waals surface area contributed by atoms with Crippen LogP contribution in [0.4, 0.5) is 0 Å². The van der Waals surface area contributed by atoms with Gasteiger partial charge in [-0.3, -0.25) is 0 Å². The maximum atomic E-state index is 8.35. The molecule has 2 saturated carbocycles. The first-order valence-corrected chi connectivity index (χ1v) is 24.1. The summed E-state index contributed by atoms with van der Waals surface area (Å²) >= 11 is -1.70. The summed E-state index contributed by atoms with van der Waals surface area (Å²) in [7, 11) is 8.35. The van der Waals surface area contributed by atoms with Gasteiger partial charge in [0.05, 0.1) is 0 Å². The number of hydrogen-bond donors (Lipinski definition) is 1. The van der Waals surface area contributed by atoms with Gasteiger partial charge < -0.3 is 0 Å². The number of nitrogens with two attached hydrogens (primary N) is 1. The van der Waals surface area contributed by atoms with Crippen LogP contribution in [0.5, 0.6) is 11.5 Å². The Morgan fingerprint density at radius 2 is 1.25 bits per heavy atom. The third-order valence-electron chi connectivity index (χ3n) is 9.37. The van der Waals surface area contributed by atoms with Gasteiger partial charge in [0, 0.05) is 0 Å². The molecule has 245 valence electrons. The maximum absolute atomic E-state index is 8.35. The fraction of sp³-hybridized carbons (Fsp3) is 0.526. The van der Waals surface area contributed by atoms with Crippen LogP contribution in [0.1, 0.15) is 97.5 Å². The third-order valence-corrected chi connectivity index (χ3v) is 29.7. The average Bonchev–Trinajstić information content (AvgIpc) is 3.03. The van der Waals surface area contributed by atoms with E-state index in [0.717, 1.165) is 23.5 Å². The van der Waals surface area contributed by atoms with Crippen molar-refractivity contribution >= 4 is 24.3 Å². The van der Waals surface area contributed by atoms with E-state index in [1.54, 1.807) is 5.30 Å². The van der Waals surface area contributed by atoms with Gasteiger partial charge in [0.15, 0.2) is 0 Å². The second-order valence-corrected chi connectivity index (χ2v) is 26.9. The van der Waals surface area contributed by atoms with E-state index in [9.17, 15) is 0 Å². The first-order chi connectivity index (χ1) is 21.4. The first kappa shape index (κ1) is 34.0. The molecule has 44 heavy (non-hydrogen) atoms. The van der Waals surface area contributed by atoms with Crippen LogP contribution >= 0.6 is 15.0 Å². The van der Waals surface area contributed by atoms with Crippen LogP contribution in [0.25, 0.3) is 11.1 Å². The van der Waals surface area contributed by atoms with Gasteiger partial charge in [-0.15, -0.1) is 0 Å². The van der Waals surface area contributed by atoms with E-state index in [1.165, 1.54) is 79.4 Å². The summed E-state index contributed by atoms with van der Waals surface area (Å²) in [6.07, 6.45) is 14.2. The molecule has 3 nitrogen and oxygen atoms in total. The molecular weight excluding hydrogens is 675 g/mol. The van der Waals surface area contributed by atoms with Crippen molar-refractivity contribution in [1.82, 2.24) is 0 Å². The Kier molecular flexibility index (Phi) is 12.3. The molecule has 0 radical (unpaired) electrons. The Labute approximate surface area is 276 Å². The molecule has 2 fully saturated rings.